The molecule has 1 fully saturated rings. The van der Waals surface area contributed by atoms with Gasteiger partial charge in [-0.1, -0.05) is 36.4 Å². The van der Waals surface area contributed by atoms with Gasteiger partial charge in [-0.2, -0.15) is 0 Å². The maximum absolute atomic E-state index is 13.6. The third kappa shape index (κ3) is 5.20. The normalized spacial score (nSPS) is 15.7. The molecule has 0 unspecified atom stereocenters. The van der Waals surface area contributed by atoms with Crippen LogP contribution in [0.25, 0.3) is 0 Å². The van der Waals surface area contributed by atoms with Gasteiger partial charge in [-0.05, 0) is 42.0 Å². The van der Waals surface area contributed by atoms with Gasteiger partial charge in [0, 0.05) is 37.7 Å². The second kappa shape index (κ2) is 10.4. The van der Waals surface area contributed by atoms with Crippen LogP contribution in [-0.2, 0) is 11.4 Å². The van der Waals surface area contributed by atoms with Crippen molar-refractivity contribution in [2.24, 2.45) is 0 Å². The van der Waals surface area contributed by atoms with Crippen molar-refractivity contribution < 1.29 is 23.5 Å². The molecule has 176 valence electrons. The Morgan fingerprint density at radius 1 is 1.00 bits per heavy atom. The Labute approximate surface area is 198 Å². The second-order valence-electron chi connectivity index (χ2n) is 8.16. The topological polar surface area (TPSA) is 59.1 Å². The van der Waals surface area contributed by atoms with E-state index >= 15 is 0 Å². The number of methoxy groups -OCH3 is 1. The fraction of sp³-hybridized carbons (Fsp3) is 0.259. The van der Waals surface area contributed by atoms with Crippen molar-refractivity contribution in [2.45, 2.75) is 19.6 Å². The zero-order chi connectivity index (χ0) is 24.1. The van der Waals surface area contributed by atoms with E-state index in [0.29, 0.717) is 36.7 Å². The Hall–Kier alpha value is -3.87. The van der Waals surface area contributed by atoms with Gasteiger partial charge < -0.3 is 19.3 Å². The molecule has 2 amide bonds. The Bertz CT molecular complexity index is 1170. The highest BCUT2D eigenvalue weighted by Crippen LogP contribution is 2.33. The predicted octanol–water partition coefficient (Wildman–Crippen LogP) is 4.46. The van der Waals surface area contributed by atoms with Crippen LogP contribution in [0.1, 0.15) is 34.5 Å². The number of rotatable bonds is 6. The monoisotopic (exact) mass is 462 g/mol. The molecular formula is C27H27FN2O4. The van der Waals surface area contributed by atoms with Crippen LogP contribution in [0.2, 0.25) is 0 Å². The van der Waals surface area contributed by atoms with Crippen LogP contribution in [0.5, 0.6) is 11.5 Å². The van der Waals surface area contributed by atoms with Crippen LogP contribution in [0.3, 0.4) is 0 Å². The lowest BCUT2D eigenvalue weighted by atomic mass is 9.99. The molecule has 1 aliphatic heterocycles. The number of hydrogen-bond acceptors (Lipinski definition) is 4. The van der Waals surface area contributed by atoms with Gasteiger partial charge in [0.05, 0.1) is 13.2 Å². The molecule has 3 aromatic rings. The van der Waals surface area contributed by atoms with Crippen LogP contribution < -0.4 is 9.47 Å². The Morgan fingerprint density at radius 3 is 2.50 bits per heavy atom. The summed E-state index contributed by atoms with van der Waals surface area (Å²) in [7, 11) is 1.60. The summed E-state index contributed by atoms with van der Waals surface area (Å²) in [5, 5.41) is 0. The van der Waals surface area contributed by atoms with Gasteiger partial charge in [0.25, 0.3) is 5.91 Å². The number of piperazine rings is 1. The Morgan fingerprint density at radius 2 is 1.76 bits per heavy atom. The highest BCUT2D eigenvalue weighted by molar-refractivity contribution is 5.95. The first-order valence-corrected chi connectivity index (χ1v) is 11.1. The highest BCUT2D eigenvalue weighted by atomic mass is 19.1. The van der Waals surface area contributed by atoms with E-state index in [1.54, 1.807) is 60.2 Å². The van der Waals surface area contributed by atoms with E-state index in [9.17, 15) is 14.0 Å². The fourth-order valence-electron chi connectivity index (χ4n) is 4.15. The number of ether oxygens (including phenoxy) is 2. The molecule has 34 heavy (non-hydrogen) atoms. The summed E-state index contributed by atoms with van der Waals surface area (Å²) >= 11 is 0. The number of carbonyl (C=O) groups is 2. The van der Waals surface area contributed by atoms with Crippen molar-refractivity contribution in [1.29, 1.82) is 0 Å². The first-order valence-electron chi connectivity index (χ1n) is 11.1. The molecule has 4 rings (SSSR count). The molecule has 7 heteroatoms. The minimum Gasteiger partial charge on any atom is -0.496 e. The molecule has 0 aliphatic carbocycles. The summed E-state index contributed by atoms with van der Waals surface area (Å²) in [6.45, 7) is 3.06. The predicted molar refractivity (Wildman–Crippen MR) is 126 cm³/mol. The molecule has 0 aromatic heterocycles. The number of para-hydroxylation sites is 1. The molecule has 1 heterocycles. The van der Waals surface area contributed by atoms with Crippen molar-refractivity contribution in [1.82, 2.24) is 9.80 Å². The molecule has 0 spiro atoms. The number of amides is 2. The van der Waals surface area contributed by atoms with Gasteiger partial charge >= 0.3 is 0 Å². The molecule has 1 aliphatic rings. The smallest absolute Gasteiger partial charge is 0.254 e. The molecule has 6 nitrogen and oxygen atoms in total. The molecule has 0 radical (unpaired) electrons. The van der Waals surface area contributed by atoms with Crippen LogP contribution in [0, 0.1) is 5.82 Å². The molecule has 0 bridgehead atoms. The standard InChI is InChI=1S/C27H27FN2O4/c1-19(31)29-14-15-30(25(17-29)24-8-3-4-9-26(24)33-2)27(32)21-6-5-7-23(16-21)34-18-20-10-12-22(28)13-11-20/h3-13,16,25H,14-15,17-18H2,1-2H3/t25-/m0/s1. The van der Waals surface area contributed by atoms with Crippen LogP contribution in [0.15, 0.2) is 72.8 Å². The quantitative estimate of drug-likeness (QED) is 0.543. The van der Waals surface area contributed by atoms with E-state index in [1.807, 2.05) is 24.3 Å². The zero-order valence-corrected chi connectivity index (χ0v) is 19.2. The lowest BCUT2D eigenvalue weighted by Gasteiger charge is -2.41. The van der Waals surface area contributed by atoms with Crippen LogP contribution in [0.4, 0.5) is 4.39 Å². The van der Waals surface area contributed by atoms with Crippen molar-refractivity contribution in [2.75, 3.05) is 26.7 Å². The molecule has 3 aromatic carbocycles. The summed E-state index contributed by atoms with van der Waals surface area (Å²) < 4.78 is 24.5. The van der Waals surface area contributed by atoms with Crippen molar-refractivity contribution >= 4 is 11.8 Å². The molecule has 1 atom stereocenters. The van der Waals surface area contributed by atoms with Crippen LogP contribution in [-0.4, -0.2) is 48.4 Å². The third-order valence-corrected chi connectivity index (χ3v) is 5.98. The first kappa shape index (κ1) is 23.3. The summed E-state index contributed by atoms with van der Waals surface area (Å²) in [4.78, 5) is 29.2. The highest BCUT2D eigenvalue weighted by Gasteiger charge is 2.34. The Kier molecular flexibility index (Phi) is 7.11. The van der Waals surface area contributed by atoms with Gasteiger partial charge in [0.1, 0.15) is 23.9 Å². The lowest BCUT2D eigenvalue weighted by Crippen LogP contribution is -2.52. The molecular weight excluding hydrogens is 435 g/mol. The molecule has 0 saturated carbocycles. The average molecular weight is 463 g/mol. The number of nitrogens with zero attached hydrogens (tertiary/aromatic N) is 2. The maximum atomic E-state index is 13.6. The van der Waals surface area contributed by atoms with Gasteiger partial charge in [0.2, 0.25) is 5.91 Å². The SMILES string of the molecule is COc1ccccc1[C@@H]1CN(C(C)=O)CCN1C(=O)c1cccc(OCc2ccc(F)cc2)c1. The number of benzene rings is 3. The van der Waals surface area contributed by atoms with Gasteiger partial charge in [-0.3, -0.25) is 9.59 Å². The van der Waals surface area contributed by atoms with Crippen molar-refractivity contribution in [3.8, 4) is 11.5 Å². The number of halogens is 1. The van der Waals surface area contributed by atoms with Crippen molar-refractivity contribution in [3.63, 3.8) is 0 Å². The van der Waals surface area contributed by atoms with Gasteiger partial charge in [0.15, 0.2) is 0 Å². The average Bonchev–Trinajstić information content (AvgIpc) is 2.87. The summed E-state index contributed by atoms with van der Waals surface area (Å²) in [6, 6.07) is 20.3. The third-order valence-electron chi connectivity index (χ3n) is 5.98. The van der Waals surface area contributed by atoms with Crippen molar-refractivity contribution in [3.05, 3.63) is 95.3 Å². The second-order valence-corrected chi connectivity index (χ2v) is 8.16. The number of carbonyl (C=O) groups excluding carboxylic acids is 2. The van der Waals surface area contributed by atoms with E-state index in [-0.39, 0.29) is 30.3 Å². The van der Waals surface area contributed by atoms with E-state index in [1.165, 1.54) is 12.1 Å². The minimum atomic E-state index is -0.343. The molecule has 1 saturated heterocycles. The number of hydrogen-bond donors (Lipinski definition) is 0. The summed E-state index contributed by atoms with van der Waals surface area (Å²) in [5.74, 6) is 0.749. The largest absolute Gasteiger partial charge is 0.496 e. The molecule has 0 N–H and O–H groups in total. The maximum Gasteiger partial charge on any atom is 0.254 e. The summed E-state index contributed by atoms with van der Waals surface area (Å²) in [5.41, 5.74) is 2.18. The van der Waals surface area contributed by atoms with Gasteiger partial charge in [-0.15, -0.1) is 0 Å². The fourth-order valence-corrected chi connectivity index (χ4v) is 4.15. The van der Waals surface area contributed by atoms with Crippen LogP contribution >= 0.6 is 0 Å². The lowest BCUT2D eigenvalue weighted by molar-refractivity contribution is -0.131. The van der Waals surface area contributed by atoms with E-state index < -0.39 is 0 Å². The van der Waals surface area contributed by atoms with E-state index in [2.05, 4.69) is 0 Å². The zero-order valence-electron chi connectivity index (χ0n) is 19.2. The first-order chi connectivity index (χ1) is 16.5. The van der Waals surface area contributed by atoms with Gasteiger partial charge in [-0.25, -0.2) is 4.39 Å². The summed E-state index contributed by atoms with van der Waals surface area (Å²) in [6.07, 6.45) is 0. The van der Waals surface area contributed by atoms with E-state index in [0.717, 1.165) is 11.1 Å². The minimum absolute atomic E-state index is 0.0248. The Balaban J connectivity index is 1.56. The van der Waals surface area contributed by atoms with E-state index in [4.69, 9.17) is 9.47 Å².